The molecule has 5 nitrogen and oxygen atoms in total. The highest BCUT2D eigenvalue weighted by atomic mass is 16.1. The number of aromatic amines is 1. The summed E-state index contributed by atoms with van der Waals surface area (Å²) in [6, 6.07) is 2.08. The van der Waals surface area contributed by atoms with Crippen LogP contribution in [0.15, 0.2) is 17.2 Å². The van der Waals surface area contributed by atoms with Crippen LogP contribution < -0.4 is 15.8 Å². The third-order valence-electron chi connectivity index (χ3n) is 2.90. The Kier molecular flexibility index (Phi) is 3.56. The molecule has 1 aliphatic heterocycles. The van der Waals surface area contributed by atoms with Gasteiger partial charge in [-0.25, -0.2) is 4.98 Å². The maximum Gasteiger partial charge on any atom is 0.252 e. The molecule has 1 saturated heterocycles. The lowest BCUT2D eigenvalue weighted by Crippen LogP contribution is -2.46. The molecule has 0 saturated carbocycles. The number of likely N-dealkylation sites (N-methyl/N-ethyl adjacent to an activating group) is 1. The Labute approximate surface area is 94.9 Å². The van der Waals surface area contributed by atoms with Crippen LogP contribution in [0.4, 0.5) is 5.82 Å². The summed E-state index contributed by atoms with van der Waals surface area (Å²) in [7, 11) is 0. The van der Waals surface area contributed by atoms with Crippen molar-refractivity contribution in [2.24, 2.45) is 0 Å². The van der Waals surface area contributed by atoms with E-state index in [4.69, 9.17) is 0 Å². The zero-order valence-corrected chi connectivity index (χ0v) is 9.57. The summed E-state index contributed by atoms with van der Waals surface area (Å²) < 4.78 is 0. The zero-order chi connectivity index (χ0) is 11.4. The average Bonchev–Trinajstić information content (AvgIpc) is 2.30. The molecule has 2 rings (SSSR count). The Bertz CT molecular complexity index is 388. The second kappa shape index (κ2) is 5.12. The number of anilines is 1. The predicted octanol–water partition coefficient (Wildman–Crippen LogP) is 0.348. The Hall–Kier alpha value is -1.36. The molecule has 1 aliphatic rings. The van der Waals surface area contributed by atoms with E-state index < -0.39 is 0 Å². The van der Waals surface area contributed by atoms with Gasteiger partial charge >= 0.3 is 0 Å². The fourth-order valence-electron chi connectivity index (χ4n) is 2.17. The third kappa shape index (κ3) is 2.61. The van der Waals surface area contributed by atoms with Crippen LogP contribution in [-0.4, -0.2) is 35.6 Å². The first-order chi connectivity index (χ1) is 7.79. The van der Waals surface area contributed by atoms with Crippen LogP contribution in [0.5, 0.6) is 0 Å². The van der Waals surface area contributed by atoms with Crippen LogP contribution in [0.2, 0.25) is 0 Å². The Balaban J connectivity index is 2.06. The molecule has 88 valence electrons. The summed E-state index contributed by atoms with van der Waals surface area (Å²) in [5, 5.41) is 3.44. The fraction of sp³-hybridized carbons (Fsp3) is 0.636. The summed E-state index contributed by atoms with van der Waals surface area (Å²) in [4.78, 5) is 20.1. The van der Waals surface area contributed by atoms with Crippen LogP contribution in [-0.2, 0) is 0 Å². The van der Waals surface area contributed by atoms with Crippen LogP contribution in [0.3, 0.4) is 0 Å². The minimum Gasteiger partial charge on any atom is -0.355 e. The van der Waals surface area contributed by atoms with Crippen LogP contribution in [0.25, 0.3) is 0 Å². The molecule has 2 heterocycles. The van der Waals surface area contributed by atoms with E-state index >= 15 is 0 Å². The average molecular weight is 222 g/mol. The van der Waals surface area contributed by atoms with Gasteiger partial charge in [0.05, 0.1) is 6.33 Å². The molecule has 0 aliphatic carbocycles. The number of H-pyrrole nitrogens is 1. The molecule has 0 radical (unpaired) electrons. The van der Waals surface area contributed by atoms with E-state index in [0.29, 0.717) is 6.04 Å². The lowest BCUT2D eigenvalue weighted by molar-refractivity contribution is 0.429. The topological polar surface area (TPSA) is 61.0 Å². The highest BCUT2D eigenvalue weighted by molar-refractivity contribution is 5.37. The Morgan fingerprint density at radius 1 is 1.69 bits per heavy atom. The van der Waals surface area contributed by atoms with Crippen LogP contribution in [0.1, 0.15) is 19.8 Å². The zero-order valence-electron chi connectivity index (χ0n) is 9.57. The van der Waals surface area contributed by atoms with Crippen molar-refractivity contribution in [2.45, 2.75) is 25.8 Å². The van der Waals surface area contributed by atoms with E-state index in [1.807, 2.05) is 0 Å². The second-order valence-electron chi connectivity index (χ2n) is 4.11. The first kappa shape index (κ1) is 11.1. The van der Waals surface area contributed by atoms with E-state index in [2.05, 4.69) is 27.1 Å². The van der Waals surface area contributed by atoms with Crippen molar-refractivity contribution in [3.63, 3.8) is 0 Å². The number of nitrogens with zero attached hydrogens (tertiary/aromatic N) is 2. The molecule has 0 bridgehead atoms. The molecular formula is C11H18N4O. The molecule has 0 spiro atoms. The van der Waals surface area contributed by atoms with Gasteiger partial charge in [-0.15, -0.1) is 0 Å². The number of hydrogen-bond acceptors (Lipinski definition) is 4. The Morgan fingerprint density at radius 2 is 2.56 bits per heavy atom. The van der Waals surface area contributed by atoms with Gasteiger partial charge in [0.2, 0.25) is 0 Å². The maximum absolute atomic E-state index is 11.2. The van der Waals surface area contributed by atoms with Crippen molar-refractivity contribution < 1.29 is 0 Å². The van der Waals surface area contributed by atoms with Gasteiger partial charge in [0.15, 0.2) is 0 Å². The predicted molar refractivity (Wildman–Crippen MR) is 63.8 cm³/mol. The summed E-state index contributed by atoms with van der Waals surface area (Å²) in [5.74, 6) is 0.784. The van der Waals surface area contributed by atoms with E-state index in [0.717, 1.165) is 31.9 Å². The molecule has 1 aromatic heterocycles. The van der Waals surface area contributed by atoms with Gasteiger partial charge in [-0.3, -0.25) is 4.79 Å². The number of hydrogen-bond donors (Lipinski definition) is 2. The first-order valence-corrected chi connectivity index (χ1v) is 5.82. The fourth-order valence-corrected chi connectivity index (χ4v) is 2.17. The third-order valence-corrected chi connectivity index (χ3v) is 2.90. The second-order valence-corrected chi connectivity index (χ2v) is 4.11. The molecule has 0 amide bonds. The summed E-state index contributed by atoms with van der Waals surface area (Å²) >= 11 is 0. The van der Waals surface area contributed by atoms with Gasteiger partial charge < -0.3 is 15.2 Å². The maximum atomic E-state index is 11.2. The van der Waals surface area contributed by atoms with Gasteiger partial charge in [0, 0.05) is 25.2 Å². The first-order valence-electron chi connectivity index (χ1n) is 5.82. The quantitative estimate of drug-likeness (QED) is 0.774. The molecule has 0 aromatic carbocycles. The molecule has 1 fully saturated rings. The van der Waals surface area contributed by atoms with Crippen LogP contribution in [0, 0.1) is 0 Å². The van der Waals surface area contributed by atoms with Gasteiger partial charge in [-0.2, -0.15) is 0 Å². The van der Waals surface area contributed by atoms with E-state index in [1.54, 1.807) is 6.07 Å². The van der Waals surface area contributed by atoms with Gasteiger partial charge in [-0.1, -0.05) is 6.92 Å². The molecule has 2 N–H and O–H groups in total. The molecule has 16 heavy (non-hydrogen) atoms. The number of nitrogens with one attached hydrogen (secondary N) is 2. The van der Waals surface area contributed by atoms with E-state index in [9.17, 15) is 4.79 Å². The molecular weight excluding hydrogens is 204 g/mol. The normalized spacial score (nSPS) is 21.1. The number of rotatable bonds is 3. The van der Waals surface area contributed by atoms with Crippen molar-refractivity contribution >= 4 is 5.82 Å². The van der Waals surface area contributed by atoms with E-state index in [-0.39, 0.29) is 5.56 Å². The van der Waals surface area contributed by atoms with Crippen molar-refractivity contribution in [1.82, 2.24) is 15.3 Å². The highest BCUT2D eigenvalue weighted by Crippen LogP contribution is 2.15. The van der Waals surface area contributed by atoms with Crippen molar-refractivity contribution in [1.29, 1.82) is 0 Å². The molecule has 1 unspecified atom stereocenters. The smallest absolute Gasteiger partial charge is 0.252 e. The summed E-state index contributed by atoms with van der Waals surface area (Å²) in [6.45, 7) is 5.02. The lowest BCUT2D eigenvalue weighted by Gasteiger charge is -2.33. The van der Waals surface area contributed by atoms with E-state index in [1.165, 1.54) is 12.7 Å². The SMILES string of the molecule is CCNC1CCCN(c2cc(=O)[nH]cn2)C1. The molecule has 1 atom stereocenters. The standard InChI is InChI=1S/C11H18N4O/c1-2-12-9-4-3-5-15(7-9)10-6-11(16)14-8-13-10/h6,8-9,12H,2-5,7H2,1H3,(H,13,14,16). The highest BCUT2D eigenvalue weighted by Gasteiger charge is 2.19. The minimum atomic E-state index is -0.0874. The lowest BCUT2D eigenvalue weighted by atomic mass is 10.1. The minimum absolute atomic E-state index is 0.0874. The van der Waals surface area contributed by atoms with Crippen molar-refractivity contribution in [2.75, 3.05) is 24.5 Å². The number of aromatic nitrogens is 2. The number of piperidine rings is 1. The van der Waals surface area contributed by atoms with Crippen molar-refractivity contribution in [3.05, 3.63) is 22.7 Å². The molecule has 1 aromatic rings. The monoisotopic (exact) mass is 222 g/mol. The van der Waals surface area contributed by atoms with Gasteiger partial charge in [0.25, 0.3) is 5.56 Å². The molecule has 5 heteroatoms. The van der Waals surface area contributed by atoms with Crippen LogP contribution >= 0.6 is 0 Å². The largest absolute Gasteiger partial charge is 0.355 e. The van der Waals surface area contributed by atoms with Gasteiger partial charge in [0.1, 0.15) is 5.82 Å². The van der Waals surface area contributed by atoms with Crippen molar-refractivity contribution in [3.8, 4) is 0 Å². The summed E-state index contributed by atoms with van der Waals surface area (Å²) in [5.41, 5.74) is -0.0874. The summed E-state index contributed by atoms with van der Waals surface area (Å²) in [6.07, 6.45) is 3.81. The Morgan fingerprint density at radius 3 is 3.31 bits per heavy atom. The van der Waals surface area contributed by atoms with Gasteiger partial charge in [-0.05, 0) is 19.4 Å².